The first kappa shape index (κ1) is 9.38. The van der Waals surface area contributed by atoms with Gasteiger partial charge in [0.1, 0.15) is 0 Å². The molecule has 0 unspecified atom stereocenters. The van der Waals surface area contributed by atoms with Crippen LogP contribution in [-0.2, 0) is 0 Å². The second kappa shape index (κ2) is 3.62. The van der Waals surface area contributed by atoms with Crippen LogP contribution in [0.15, 0.2) is 18.3 Å². The van der Waals surface area contributed by atoms with Crippen LogP contribution in [0.2, 0.25) is 0 Å². The maximum absolute atomic E-state index is 4.25. The predicted molar refractivity (Wildman–Crippen MR) is 67.2 cm³/mol. The normalized spacial score (nSPS) is 16.5. The van der Waals surface area contributed by atoms with Gasteiger partial charge in [-0.05, 0) is 47.6 Å². The average Bonchev–Trinajstić information content (AvgIpc) is 2.82. The van der Waals surface area contributed by atoms with Gasteiger partial charge in [-0.2, -0.15) is 0 Å². The Kier molecular flexibility index (Phi) is 2.27. The van der Waals surface area contributed by atoms with Gasteiger partial charge in [-0.15, -0.1) is 10.2 Å². The van der Waals surface area contributed by atoms with E-state index < -0.39 is 0 Å². The van der Waals surface area contributed by atoms with Crippen LogP contribution in [0.25, 0.3) is 5.65 Å². The molecule has 4 nitrogen and oxygen atoms in total. The predicted octanol–water partition coefficient (Wildman–Crippen LogP) is 1.93. The van der Waals surface area contributed by atoms with E-state index in [0.29, 0.717) is 0 Å². The second-order valence-corrected chi connectivity index (χ2v) is 5.01. The molecule has 1 aliphatic heterocycles. The quantitative estimate of drug-likeness (QED) is 0.754. The zero-order valence-corrected chi connectivity index (χ0v) is 10.4. The van der Waals surface area contributed by atoms with Gasteiger partial charge in [0, 0.05) is 22.9 Å². The molecule has 0 aromatic carbocycles. The topological polar surface area (TPSA) is 33.4 Å². The summed E-state index contributed by atoms with van der Waals surface area (Å²) >= 11 is 2.29. The van der Waals surface area contributed by atoms with Crippen LogP contribution in [0.3, 0.4) is 0 Å². The summed E-state index contributed by atoms with van der Waals surface area (Å²) in [5.41, 5.74) is 0.934. The summed E-state index contributed by atoms with van der Waals surface area (Å²) in [6.45, 7) is 2.21. The highest BCUT2D eigenvalue weighted by Gasteiger charge is 2.17. The number of hydrogen-bond donors (Lipinski definition) is 0. The number of aromatic nitrogens is 3. The smallest absolute Gasteiger partial charge is 0.231 e. The lowest BCUT2D eigenvalue weighted by atomic mass is 10.4. The molecule has 1 saturated heterocycles. The first-order valence-electron chi connectivity index (χ1n) is 5.10. The van der Waals surface area contributed by atoms with Crippen LogP contribution in [0, 0.1) is 3.57 Å². The van der Waals surface area contributed by atoms with Gasteiger partial charge in [-0.25, -0.2) is 0 Å². The van der Waals surface area contributed by atoms with Crippen LogP contribution in [0.1, 0.15) is 12.8 Å². The monoisotopic (exact) mass is 314 g/mol. The molecule has 0 amide bonds. The van der Waals surface area contributed by atoms with E-state index in [9.17, 15) is 0 Å². The molecule has 0 saturated carbocycles. The van der Waals surface area contributed by atoms with Crippen molar-refractivity contribution in [2.75, 3.05) is 18.0 Å². The standard InChI is InChI=1S/C10H11IN4/c11-8-3-6-15-9(7-8)12-13-10(15)14-4-1-2-5-14/h3,6-7H,1-2,4-5H2. The van der Waals surface area contributed by atoms with Crippen LogP contribution in [-0.4, -0.2) is 27.7 Å². The Morgan fingerprint density at radius 3 is 2.80 bits per heavy atom. The lowest BCUT2D eigenvalue weighted by Crippen LogP contribution is -2.20. The van der Waals surface area contributed by atoms with Gasteiger partial charge in [-0.1, -0.05) is 0 Å². The fraction of sp³-hybridized carbons (Fsp3) is 0.400. The molecule has 0 spiro atoms. The molecule has 2 aromatic heterocycles. The lowest BCUT2D eigenvalue weighted by molar-refractivity contribution is 0.884. The Bertz CT molecular complexity index is 487. The van der Waals surface area contributed by atoms with E-state index in [-0.39, 0.29) is 0 Å². The molecule has 3 rings (SSSR count). The van der Waals surface area contributed by atoms with Gasteiger partial charge in [-0.3, -0.25) is 4.40 Å². The number of rotatable bonds is 1. The number of hydrogen-bond acceptors (Lipinski definition) is 3. The fourth-order valence-corrected chi connectivity index (χ4v) is 2.43. The van der Waals surface area contributed by atoms with E-state index in [1.807, 2.05) is 12.3 Å². The molecule has 1 fully saturated rings. The van der Waals surface area contributed by atoms with E-state index in [2.05, 4.69) is 48.2 Å². The maximum atomic E-state index is 4.25. The number of nitrogens with zero attached hydrogens (tertiary/aromatic N) is 4. The van der Waals surface area contributed by atoms with Gasteiger partial charge in [0.2, 0.25) is 5.95 Å². The summed E-state index contributed by atoms with van der Waals surface area (Å²) in [4.78, 5) is 2.30. The van der Waals surface area contributed by atoms with Gasteiger partial charge in [0.25, 0.3) is 0 Å². The molecule has 0 bridgehead atoms. The SMILES string of the molecule is Ic1ccn2c(N3CCCC3)nnc2c1. The van der Waals surface area contributed by atoms with Crippen molar-refractivity contribution in [2.45, 2.75) is 12.8 Å². The van der Waals surface area contributed by atoms with Crippen LogP contribution >= 0.6 is 22.6 Å². The third-order valence-corrected chi connectivity index (χ3v) is 3.41. The van der Waals surface area contributed by atoms with Crippen molar-refractivity contribution >= 4 is 34.2 Å². The summed E-state index contributed by atoms with van der Waals surface area (Å²) in [6, 6.07) is 4.13. The Labute approximate surface area is 101 Å². The Hall–Kier alpha value is -0.850. The molecular weight excluding hydrogens is 303 g/mol. The van der Waals surface area contributed by atoms with Crippen molar-refractivity contribution in [1.82, 2.24) is 14.6 Å². The van der Waals surface area contributed by atoms with Crippen molar-refractivity contribution in [2.24, 2.45) is 0 Å². The molecule has 5 heteroatoms. The minimum absolute atomic E-state index is 0.934. The highest BCUT2D eigenvalue weighted by atomic mass is 127. The molecule has 0 atom stereocenters. The Morgan fingerprint density at radius 1 is 1.20 bits per heavy atom. The molecule has 0 N–H and O–H groups in total. The number of halogens is 1. The highest BCUT2D eigenvalue weighted by molar-refractivity contribution is 14.1. The molecule has 15 heavy (non-hydrogen) atoms. The van der Waals surface area contributed by atoms with Crippen molar-refractivity contribution in [1.29, 1.82) is 0 Å². The largest absolute Gasteiger partial charge is 0.341 e. The molecule has 2 aromatic rings. The summed E-state index contributed by atoms with van der Waals surface area (Å²) < 4.78 is 3.26. The molecule has 3 heterocycles. The van der Waals surface area contributed by atoms with E-state index in [0.717, 1.165) is 24.7 Å². The van der Waals surface area contributed by atoms with Crippen molar-refractivity contribution in [3.63, 3.8) is 0 Å². The third-order valence-electron chi connectivity index (χ3n) is 2.74. The molecule has 0 aliphatic carbocycles. The fourth-order valence-electron chi connectivity index (χ4n) is 1.99. The zero-order valence-electron chi connectivity index (χ0n) is 8.23. The first-order valence-corrected chi connectivity index (χ1v) is 6.18. The van der Waals surface area contributed by atoms with Crippen LogP contribution in [0.5, 0.6) is 0 Å². The molecule has 78 valence electrons. The second-order valence-electron chi connectivity index (χ2n) is 3.77. The average molecular weight is 314 g/mol. The van der Waals surface area contributed by atoms with E-state index in [1.54, 1.807) is 0 Å². The number of anilines is 1. The van der Waals surface area contributed by atoms with E-state index in [1.165, 1.54) is 16.4 Å². The minimum Gasteiger partial charge on any atom is -0.341 e. The molecular formula is C10H11IN4. The lowest BCUT2D eigenvalue weighted by Gasteiger charge is -2.13. The van der Waals surface area contributed by atoms with E-state index in [4.69, 9.17) is 0 Å². The highest BCUT2D eigenvalue weighted by Crippen LogP contribution is 2.19. The van der Waals surface area contributed by atoms with E-state index >= 15 is 0 Å². The van der Waals surface area contributed by atoms with Crippen molar-refractivity contribution in [3.05, 3.63) is 21.9 Å². The summed E-state index contributed by atoms with van der Waals surface area (Å²) in [6.07, 6.45) is 4.57. The minimum atomic E-state index is 0.934. The zero-order chi connectivity index (χ0) is 10.3. The molecule has 0 radical (unpaired) electrons. The van der Waals surface area contributed by atoms with Crippen LogP contribution in [0.4, 0.5) is 5.95 Å². The third kappa shape index (κ3) is 1.58. The summed E-state index contributed by atoms with van der Waals surface area (Å²) in [7, 11) is 0. The van der Waals surface area contributed by atoms with Crippen molar-refractivity contribution < 1.29 is 0 Å². The summed E-state index contributed by atoms with van der Waals surface area (Å²) in [5, 5.41) is 8.44. The summed E-state index contributed by atoms with van der Waals surface area (Å²) in [5.74, 6) is 0.985. The van der Waals surface area contributed by atoms with Gasteiger partial charge < -0.3 is 4.90 Å². The van der Waals surface area contributed by atoms with Gasteiger partial charge in [0.15, 0.2) is 5.65 Å². The number of pyridine rings is 1. The van der Waals surface area contributed by atoms with Crippen LogP contribution < -0.4 is 4.90 Å². The maximum Gasteiger partial charge on any atom is 0.231 e. The van der Waals surface area contributed by atoms with Gasteiger partial charge >= 0.3 is 0 Å². The first-order chi connectivity index (χ1) is 7.34. The van der Waals surface area contributed by atoms with Gasteiger partial charge in [0.05, 0.1) is 0 Å². The van der Waals surface area contributed by atoms with Crippen molar-refractivity contribution in [3.8, 4) is 0 Å². The number of fused-ring (bicyclic) bond motifs is 1. The Morgan fingerprint density at radius 2 is 2.00 bits per heavy atom. The Balaban J connectivity index is 2.11. The molecule has 1 aliphatic rings.